The summed E-state index contributed by atoms with van der Waals surface area (Å²) in [6, 6.07) is 6.64. The Morgan fingerprint density at radius 2 is 1.86 bits per heavy atom. The third-order valence-electron chi connectivity index (χ3n) is 4.44. The molecule has 0 aliphatic carbocycles. The minimum atomic E-state index is -1.08. The van der Waals surface area contributed by atoms with Gasteiger partial charge in [0.15, 0.2) is 0 Å². The second-order valence-corrected chi connectivity index (χ2v) is 7.71. The van der Waals surface area contributed by atoms with E-state index in [9.17, 15) is 9.59 Å². The predicted molar refractivity (Wildman–Crippen MR) is 113 cm³/mol. The van der Waals surface area contributed by atoms with Gasteiger partial charge in [-0.05, 0) is 72.4 Å². The number of hydrogen-bond acceptors (Lipinski definition) is 5. The maximum atomic E-state index is 9.64. The van der Waals surface area contributed by atoms with Crippen LogP contribution in [0.2, 0.25) is 5.02 Å². The van der Waals surface area contributed by atoms with Gasteiger partial charge in [0, 0.05) is 6.04 Å². The highest BCUT2D eigenvalue weighted by Gasteiger charge is 2.16. The van der Waals surface area contributed by atoms with Gasteiger partial charge in [-0.25, -0.2) is 0 Å². The lowest BCUT2D eigenvalue weighted by Crippen LogP contribution is -2.16. The molecule has 1 atom stereocenters. The van der Waals surface area contributed by atoms with Crippen LogP contribution in [0.15, 0.2) is 29.0 Å². The Balaban J connectivity index is 0.000000300. The topological polar surface area (TPSA) is 98.7 Å². The first kappa shape index (κ1) is 22.2. The van der Waals surface area contributed by atoms with E-state index >= 15 is 0 Å². The number of halogens is 1. The van der Waals surface area contributed by atoms with Crippen molar-refractivity contribution in [3.63, 3.8) is 0 Å². The first-order chi connectivity index (χ1) is 13.4. The van der Waals surface area contributed by atoms with Crippen molar-refractivity contribution in [3.8, 4) is 0 Å². The van der Waals surface area contributed by atoms with Crippen LogP contribution in [0.5, 0.6) is 0 Å². The average Bonchev–Trinajstić information content (AvgIpc) is 3.09. The molecule has 8 heteroatoms. The lowest BCUT2D eigenvalue weighted by molar-refractivity contribution is -0.143. The minimum absolute atomic E-state index is 0.279. The number of carboxylic acids is 2. The van der Waals surface area contributed by atoms with Gasteiger partial charge in [0.1, 0.15) is 0 Å². The molecule has 0 radical (unpaired) electrons. The molecule has 0 saturated heterocycles. The maximum absolute atomic E-state index is 9.64. The van der Waals surface area contributed by atoms with Crippen molar-refractivity contribution in [1.29, 1.82) is 0 Å². The molecule has 0 fully saturated rings. The van der Waals surface area contributed by atoms with Gasteiger partial charge < -0.3 is 20.8 Å². The molecule has 1 aliphatic rings. The Kier molecular flexibility index (Phi) is 8.76. The SMILES string of the molecule is CC(Nc1c(Cl)ccc2c1CCNCC2)c1ccsc1.O=C(O)CCC(=O)O. The quantitative estimate of drug-likeness (QED) is 0.554. The normalized spacial score (nSPS) is 14.1. The summed E-state index contributed by atoms with van der Waals surface area (Å²) in [7, 11) is 0. The Labute approximate surface area is 173 Å². The zero-order valence-corrected chi connectivity index (χ0v) is 17.3. The molecule has 6 nitrogen and oxygen atoms in total. The number of hydrogen-bond donors (Lipinski definition) is 4. The Bertz CT molecular complexity index is 782. The monoisotopic (exact) mass is 424 g/mol. The Hall–Kier alpha value is -2.09. The van der Waals surface area contributed by atoms with E-state index in [4.69, 9.17) is 21.8 Å². The Morgan fingerprint density at radius 1 is 1.18 bits per heavy atom. The van der Waals surface area contributed by atoms with Crippen molar-refractivity contribution in [2.75, 3.05) is 18.4 Å². The second kappa shape index (κ2) is 11.0. The summed E-state index contributed by atoms with van der Waals surface area (Å²) in [5, 5.41) is 28.0. The third kappa shape index (κ3) is 6.82. The average molecular weight is 425 g/mol. The zero-order chi connectivity index (χ0) is 20.5. The molecule has 2 aromatic rings. The zero-order valence-electron chi connectivity index (χ0n) is 15.7. The molecule has 2 heterocycles. The van der Waals surface area contributed by atoms with Crippen LogP contribution < -0.4 is 10.6 Å². The molecule has 0 spiro atoms. The van der Waals surface area contributed by atoms with E-state index in [0.29, 0.717) is 0 Å². The van der Waals surface area contributed by atoms with E-state index in [1.807, 2.05) is 6.07 Å². The summed E-state index contributed by atoms with van der Waals surface area (Å²) in [5.41, 5.74) is 5.23. The number of benzene rings is 1. The van der Waals surface area contributed by atoms with Crippen LogP contribution >= 0.6 is 22.9 Å². The van der Waals surface area contributed by atoms with E-state index in [0.717, 1.165) is 36.6 Å². The molecule has 152 valence electrons. The highest BCUT2D eigenvalue weighted by molar-refractivity contribution is 7.08. The fourth-order valence-electron chi connectivity index (χ4n) is 2.93. The van der Waals surface area contributed by atoms with Gasteiger partial charge in [-0.2, -0.15) is 11.3 Å². The van der Waals surface area contributed by atoms with Crippen LogP contribution in [0, 0.1) is 0 Å². The number of fused-ring (bicyclic) bond motifs is 1. The van der Waals surface area contributed by atoms with E-state index in [1.165, 1.54) is 16.7 Å². The van der Waals surface area contributed by atoms with Crippen LogP contribution in [0.1, 0.15) is 42.5 Å². The third-order valence-corrected chi connectivity index (χ3v) is 5.46. The summed E-state index contributed by atoms with van der Waals surface area (Å²) in [6.07, 6.45) is 1.52. The van der Waals surface area contributed by atoms with Crippen molar-refractivity contribution < 1.29 is 19.8 Å². The molecule has 1 aromatic carbocycles. The molecular weight excluding hydrogens is 400 g/mol. The van der Waals surface area contributed by atoms with Crippen LogP contribution in [0.4, 0.5) is 5.69 Å². The predicted octanol–water partition coefficient (Wildman–Crippen LogP) is 4.20. The van der Waals surface area contributed by atoms with Gasteiger partial charge in [0.05, 0.1) is 23.6 Å². The molecular formula is C20H25ClN2O4S. The van der Waals surface area contributed by atoms with Crippen LogP contribution in [-0.2, 0) is 22.4 Å². The van der Waals surface area contributed by atoms with E-state index in [1.54, 1.807) is 11.3 Å². The molecule has 3 rings (SSSR count). The van der Waals surface area contributed by atoms with E-state index < -0.39 is 11.9 Å². The summed E-state index contributed by atoms with van der Waals surface area (Å²) < 4.78 is 0. The standard InChI is InChI=1S/C16H19ClN2S.C4H6O4/c1-11(13-6-9-20-10-13)19-16-14-5-8-18-7-4-12(14)2-3-15(16)17;5-3(6)1-2-4(7)8/h2-3,6,9-11,18-19H,4-5,7-8H2,1H3;1-2H2,(H,5,6)(H,7,8). The van der Waals surface area contributed by atoms with Crippen LogP contribution in [0.25, 0.3) is 0 Å². The van der Waals surface area contributed by atoms with Gasteiger partial charge in [0.2, 0.25) is 0 Å². The molecule has 0 saturated carbocycles. The number of carboxylic acid groups (broad SMARTS) is 2. The van der Waals surface area contributed by atoms with Crippen molar-refractivity contribution in [3.05, 3.63) is 50.7 Å². The number of rotatable bonds is 6. The molecule has 4 N–H and O–H groups in total. The van der Waals surface area contributed by atoms with Gasteiger partial charge in [0.25, 0.3) is 0 Å². The summed E-state index contributed by atoms with van der Waals surface area (Å²) in [4.78, 5) is 19.3. The fraction of sp³-hybridized carbons (Fsp3) is 0.400. The lowest BCUT2D eigenvalue weighted by atomic mass is 10.00. The molecule has 0 amide bonds. The lowest BCUT2D eigenvalue weighted by Gasteiger charge is -2.20. The molecule has 0 bridgehead atoms. The summed E-state index contributed by atoms with van der Waals surface area (Å²) >= 11 is 8.17. The molecule has 1 unspecified atom stereocenters. The van der Waals surface area contributed by atoms with Crippen LogP contribution in [-0.4, -0.2) is 35.2 Å². The highest BCUT2D eigenvalue weighted by atomic mass is 35.5. The minimum Gasteiger partial charge on any atom is -0.481 e. The van der Waals surface area contributed by atoms with Gasteiger partial charge in [-0.15, -0.1) is 0 Å². The van der Waals surface area contributed by atoms with Gasteiger partial charge in [-0.1, -0.05) is 17.7 Å². The number of carbonyl (C=O) groups is 2. The number of aliphatic carboxylic acids is 2. The Morgan fingerprint density at radius 3 is 2.46 bits per heavy atom. The van der Waals surface area contributed by atoms with E-state index in [2.05, 4.69) is 40.5 Å². The summed E-state index contributed by atoms with van der Waals surface area (Å²) in [5.74, 6) is -2.15. The number of anilines is 1. The van der Waals surface area contributed by atoms with Crippen LogP contribution in [0.3, 0.4) is 0 Å². The fourth-order valence-corrected chi connectivity index (χ4v) is 3.92. The summed E-state index contributed by atoms with van der Waals surface area (Å²) in [6.45, 7) is 4.26. The molecule has 28 heavy (non-hydrogen) atoms. The first-order valence-corrected chi connectivity index (χ1v) is 10.4. The largest absolute Gasteiger partial charge is 0.481 e. The maximum Gasteiger partial charge on any atom is 0.303 e. The van der Waals surface area contributed by atoms with Crippen molar-refractivity contribution >= 4 is 40.6 Å². The molecule has 1 aromatic heterocycles. The van der Waals surface area contributed by atoms with Gasteiger partial charge >= 0.3 is 11.9 Å². The number of thiophene rings is 1. The number of nitrogens with one attached hydrogen (secondary N) is 2. The van der Waals surface area contributed by atoms with E-state index in [-0.39, 0.29) is 18.9 Å². The van der Waals surface area contributed by atoms with Gasteiger partial charge in [-0.3, -0.25) is 9.59 Å². The molecule has 1 aliphatic heterocycles. The van der Waals surface area contributed by atoms with Crippen molar-refractivity contribution in [1.82, 2.24) is 5.32 Å². The smallest absolute Gasteiger partial charge is 0.303 e. The van der Waals surface area contributed by atoms with Crippen molar-refractivity contribution in [2.24, 2.45) is 0 Å². The second-order valence-electron chi connectivity index (χ2n) is 6.52. The highest BCUT2D eigenvalue weighted by Crippen LogP contribution is 2.33. The first-order valence-electron chi connectivity index (χ1n) is 9.11. The van der Waals surface area contributed by atoms with Crippen molar-refractivity contribution in [2.45, 2.75) is 38.6 Å².